The van der Waals surface area contributed by atoms with Gasteiger partial charge in [0.2, 0.25) is 11.8 Å². The zero-order valence-corrected chi connectivity index (χ0v) is 25.6. The number of carbonyl (C=O) groups is 4. The molecule has 1 aliphatic rings. The number of carboxylic acid groups (broad SMARTS) is 1. The number of carbonyl (C=O) groups excluding carboxylic acids is 3. The Labute approximate surface area is 258 Å². The molecule has 3 amide bonds. The van der Waals surface area contributed by atoms with Crippen molar-refractivity contribution in [1.29, 1.82) is 5.26 Å². The number of nitrogens with zero attached hydrogens (tertiary/aromatic N) is 2. The van der Waals surface area contributed by atoms with E-state index < -0.39 is 28.8 Å². The van der Waals surface area contributed by atoms with Gasteiger partial charge in [-0.2, -0.15) is 5.26 Å². The third-order valence-corrected chi connectivity index (χ3v) is 8.72. The highest BCUT2D eigenvalue weighted by Crippen LogP contribution is 2.41. The van der Waals surface area contributed by atoms with Crippen LogP contribution >= 0.6 is 23.1 Å². The van der Waals surface area contributed by atoms with Gasteiger partial charge in [0.15, 0.2) is 0 Å². The Kier molecular flexibility index (Phi) is 10.1. The zero-order chi connectivity index (χ0) is 31.1. The molecule has 12 heteroatoms. The maximum Gasteiger partial charge on any atom is 0.410 e. The lowest BCUT2D eigenvalue weighted by molar-refractivity contribution is -0.138. The highest BCUT2D eigenvalue weighted by Gasteiger charge is 2.31. The number of anilines is 2. The number of aliphatic carboxylic acids is 1. The Balaban J connectivity index is 1.54. The second-order valence-electron chi connectivity index (χ2n) is 10.8. The molecule has 2 aromatic carbocycles. The van der Waals surface area contributed by atoms with E-state index in [-0.39, 0.29) is 18.7 Å². The van der Waals surface area contributed by atoms with Crippen molar-refractivity contribution in [2.45, 2.75) is 62.3 Å². The van der Waals surface area contributed by atoms with Gasteiger partial charge in [0, 0.05) is 28.4 Å². The molecule has 0 fully saturated rings. The minimum Gasteiger partial charge on any atom is -0.481 e. The summed E-state index contributed by atoms with van der Waals surface area (Å²) < 4.78 is 5.52. The Hall–Kier alpha value is -4.34. The molecule has 0 saturated heterocycles. The first-order chi connectivity index (χ1) is 20.4. The average Bonchev–Trinajstić information content (AvgIpc) is 3.30. The minimum atomic E-state index is -1.05. The smallest absolute Gasteiger partial charge is 0.410 e. The number of thiophene rings is 1. The maximum absolute atomic E-state index is 13.8. The molecule has 0 aliphatic carbocycles. The Morgan fingerprint density at radius 1 is 1.09 bits per heavy atom. The number of amides is 3. The van der Waals surface area contributed by atoms with E-state index in [2.05, 4.69) is 16.7 Å². The number of nitriles is 1. The van der Waals surface area contributed by atoms with Gasteiger partial charge in [-0.05, 0) is 56.5 Å². The molecule has 0 radical (unpaired) electrons. The number of benzene rings is 2. The number of thioether (sulfide) groups is 1. The van der Waals surface area contributed by atoms with Crippen molar-refractivity contribution in [2.75, 3.05) is 17.2 Å². The molecule has 224 valence electrons. The molecule has 0 bridgehead atoms. The van der Waals surface area contributed by atoms with Gasteiger partial charge in [-0.25, -0.2) is 4.79 Å². The lowest BCUT2D eigenvalue weighted by atomic mass is 10.0. The van der Waals surface area contributed by atoms with Gasteiger partial charge in [0.25, 0.3) is 0 Å². The van der Waals surface area contributed by atoms with Crippen LogP contribution in [-0.2, 0) is 32.1 Å². The fourth-order valence-electron chi connectivity index (χ4n) is 4.40. The summed E-state index contributed by atoms with van der Waals surface area (Å²) in [6, 6.07) is 18.4. The van der Waals surface area contributed by atoms with Gasteiger partial charge in [-0.3, -0.25) is 14.4 Å². The number of carboxylic acids is 1. The first kappa shape index (κ1) is 31.6. The Morgan fingerprint density at radius 3 is 2.51 bits per heavy atom. The predicted molar refractivity (Wildman–Crippen MR) is 165 cm³/mol. The summed E-state index contributed by atoms with van der Waals surface area (Å²) in [6.07, 6.45) is -0.363. The van der Waals surface area contributed by atoms with Crippen molar-refractivity contribution >= 4 is 57.7 Å². The second-order valence-corrected chi connectivity index (χ2v) is 13.1. The lowest BCUT2D eigenvalue weighted by Crippen LogP contribution is -2.39. The molecule has 1 aromatic heterocycles. The molecule has 3 aromatic rings. The molecule has 0 spiro atoms. The topological polar surface area (TPSA) is 149 Å². The number of ether oxygens (including phenoxy) is 1. The van der Waals surface area contributed by atoms with E-state index in [1.165, 1.54) is 23.1 Å². The van der Waals surface area contributed by atoms with Crippen LogP contribution in [0.2, 0.25) is 0 Å². The van der Waals surface area contributed by atoms with E-state index in [4.69, 9.17) is 9.84 Å². The van der Waals surface area contributed by atoms with Gasteiger partial charge < -0.3 is 25.4 Å². The van der Waals surface area contributed by atoms with Crippen molar-refractivity contribution in [1.82, 2.24) is 4.90 Å². The summed E-state index contributed by atoms with van der Waals surface area (Å²) in [5.74, 6) is -1.80. The minimum absolute atomic E-state index is 0.150. The molecule has 4 rings (SSSR count). The average molecular weight is 621 g/mol. The molecular formula is C31H32N4O6S2. The van der Waals surface area contributed by atoms with E-state index in [1.807, 2.05) is 57.2 Å². The molecule has 43 heavy (non-hydrogen) atoms. The second kappa shape index (κ2) is 13.8. The van der Waals surface area contributed by atoms with Crippen LogP contribution in [0.4, 0.5) is 15.5 Å². The summed E-state index contributed by atoms with van der Waals surface area (Å²) in [4.78, 5) is 52.5. The number of rotatable bonds is 9. The van der Waals surface area contributed by atoms with Crippen LogP contribution < -0.4 is 10.6 Å². The van der Waals surface area contributed by atoms with Crippen LogP contribution in [0.3, 0.4) is 0 Å². The van der Waals surface area contributed by atoms with Crippen LogP contribution in [-0.4, -0.2) is 46.0 Å². The van der Waals surface area contributed by atoms with Gasteiger partial charge >= 0.3 is 12.1 Å². The van der Waals surface area contributed by atoms with Crippen molar-refractivity contribution in [3.8, 4) is 6.07 Å². The zero-order valence-electron chi connectivity index (χ0n) is 24.0. The van der Waals surface area contributed by atoms with Crippen LogP contribution in [0, 0.1) is 11.3 Å². The molecule has 1 aliphatic heterocycles. The monoisotopic (exact) mass is 620 g/mol. The van der Waals surface area contributed by atoms with Crippen LogP contribution in [0.1, 0.15) is 60.4 Å². The van der Waals surface area contributed by atoms with Crippen LogP contribution in [0.5, 0.6) is 0 Å². The van der Waals surface area contributed by atoms with E-state index >= 15 is 0 Å². The Morgan fingerprint density at radius 2 is 1.84 bits per heavy atom. The largest absolute Gasteiger partial charge is 0.481 e. The molecule has 3 N–H and O–H groups in total. The van der Waals surface area contributed by atoms with E-state index in [0.29, 0.717) is 40.7 Å². The number of fused-ring (bicyclic) bond motifs is 1. The third-order valence-electron chi connectivity index (χ3n) is 6.34. The van der Waals surface area contributed by atoms with Crippen molar-refractivity contribution in [3.05, 3.63) is 76.2 Å². The summed E-state index contributed by atoms with van der Waals surface area (Å²) in [6.45, 7) is 6.13. The highest BCUT2D eigenvalue weighted by atomic mass is 32.2. The fraction of sp³-hybridized carbons (Fsp3) is 0.323. The SMILES string of the molecule is CC(C)(C)OC(=O)N1CCc2c(sc(NC(=O)C(Sc3cccc(NC(=O)CCC(=O)O)c3)c3ccccc3)c2C#N)C1. The molecule has 1 atom stereocenters. The first-order valence-corrected chi connectivity index (χ1v) is 15.3. The molecule has 1 unspecified atom stereocenters. The highest BCUT2D eigenvalue weighted by molar-refractivity contribution is 8.00. The normalized spacial score (nSPS) is 13.3. The van der Waals surface area contributed by atoms with Gasteiger partial charge in [0.1, 0.15) is 21.9 Å². The van der Waals surface area contributed by atoms with Crippen LogP contribution in [0.15, 0.2) is 59.5 Å². The standard InChI is InChI=1S/C31H32N4O6S2/c1-31(2,3)41-30(40)35-15-14-22-23(17-32)29(43-24(22)18-35)34-28(39)27(19-8-5-4-6-9-19)42-21-11-7-10-20(16-21)33-25(36)12-13-26(37)38/h4-11,16,27H,12-15,18H2,1-3H3,(H,33,36)(H,34,39)(H,37,38). The first-order valence-electron chi connectivity index (χ1n) is 13.6. The van der Waals surface area contributed by atoms with Gasteiger partial charge in [-0.15, -0.1) is 23.1 Å². The van der Waals surface area contributed by atoms with Crippen molar-refractivity contribution in [2.24, 2.45) is 0 Å². The van der Waals surface area contributed by atoms with Gasteiger partial charge in [-0.1, -0.05) is 36.4 Å². The molecule has 10 nitrogen and oxygen atoms in total. The quantitative estimate of drug-likeness (QED) is 0.240. The number of nitrogens with one attached hydrogen (secondary N) is 2. The molecular weight excluding hydrogens is 588 g/mol. The van der Waals surface area contributed by atoms with Crippen molar-refractivity contribution < 1.29 is 29.0 Å². The number of hydrogen-bond acceptors (Lipinski definition) is 8. The molecule has 2 heterocycles. The van der Waals surface area contributed by atoms with E-state index in [9.17, 15) is 24.4 Å². The third kappa shape index (κ3) is 8.59. The Bertz CT molecular complexity index is 1560. The summed E-state index contributed by atoms with van der Waals surface area (Å²) >= 11 is 2.57. The maximum atomic E-state index is 13.8. The van der Waals surface area contributed by atoms with Crippen LogP contribution in [0.25, 0.3) is 0 Å². The fourth-order valence-corrected chi connectivity index (χ4v) is 6.70. The summed E-state index contributed by atoms with van der Waals surface area (Å²) in [7, 11) is 0. The lowest BCUT2D eigenvalue weighted by Gasteiger charge is -2.29. The summed E-state index contributed by atoms with van der Waals surface area (Å²) in [5, 5.41) is 24.2. The van der Waals surface area contributed by atoms with Gasteiger partial charge in [0.05, 0.1) is 18.5 Å². The predicted octanol–water partition coefficient (Wildman–Crippen LogP) is 6.19. The van der Waals surface area contributed by atoms with E-state index in [0.717, 1.165) is 16.0 Å². The molecule has 0 saturated carbocycles. The van der Waals surface area contributed by atoms with Crippen molar-refractivity contribution in [3.63, 3.8) is 0 Å². The van der Waals surface area contributed by atoms with E-state index in [1.54, 1.807) is 23.1 Å². The summed E-state index contributed by atoms with van der Waals surface area (Å²) in [5.41, 5.74) is 1.84. The number of hydrogen-bond donors (Lipinski definition) is 3.